The molecule has 1 atom stereocenters. The normalized spacial score (nSPS) is 24.9. The molecule has 128 valence electrons. The summed E-state index contributed by atoms with van der Waals surface area (Å²) in [7, 11) is 2.20. The summed E-state index contributed by atoms with van der Waals surface area (Å²) in [5.41, 5.74) is 1.02. The minimum atomic E-state index is -0.310. The van der Waals surface area contributed by atoms with E-state index in [1.54, 1.807) is 12.1 Å². The van der Waals surface area contributed by atoms with Crippen molar-refractivity contribution in [2.24, 2.45) is 5.92 Å². The Kier molecular flexibility index (Phi) is 5.91. The van der Waals surface area contributed by atoms with Gasteiger partial charge in [-0.2, -0.15) is 0 Å². The molecule has 23 heavy (non-hydrogen) atoms. The fourth-order valence-corrected chi connectivity index (χ4v) is 3.85. The van der Waals surface area contributed by atoms with Gasteiger partial charge in [-0.15, -0.1) is 0 Å². The molecular weight excluding hydrogens is 313 g/mol. The summed E-state index contributed by atoms with van der Waals surface area (Å²) in [6, 6.07) is 5.18. The molecule has 1 unspecified atom stereocenters. The van der Waals surface area contributed by atoms with Crippen LogP contribution in [-0.2, 0) is 6.54 Å². The van der Waals surface area contributed by atoms with Crippen LogP contribution in [0.4, 0.5) is 4.39 Å². The van der Waals surface area contributed by atoms with Crippen molar-refractivity contribution in [2.75, 3.05) is 52.9 Å². The van der Waals surface area contributed by atoms with Crippen LogP contribution in [0.1, 0.15) is 18.4 Å². The predicted octanol–water partition coefficient (Wildman–Crippen LogP) is 2.94. The Hall–Kier alpha value is -0.680. The molecule has 0 N–H and O–H groups in total. The van der Waals surface area contributed by atoms with Crippen molar-refractivity contribution in [1.29, 1.82) is 0 Å². The summed E-state index contributed by atoms with van der Waals surface area (Å²) in [6.45, 7) is 9.01. The highest BCUT2D eigenvalue weighted by molar-refractivity contribution is 6.30. The minimum Gasteiger partial charge on any atom is -0.304 e. The molecule has 0 aliphatic carbocycles. The fraction of sp³-hybridized carbons (Fsp3) is 0.667. The molecule has 0 amide bonds. The van der Waals surface area contributed by atoms with Gasteiger partial charge in [0.1, 0.15) is 5.82 Å². The van der Waals surface area contributed by atoms with Crippen LogP contribution in [0.3, 0.4) is 0 Å². The second-order valence-corrected chi connectivity index (χ2v) is 7.50. The number of hydrogen-bond acceptors (Lipinski definition) is 3. The van der Waals surface area contributed by atoms with E-state index in [0.29, 0.717) is 0 Å². The van der Waals surface area contributed by atoms with Gasteiger partial charge in [-0.05, 0) is 50.0 Å². The van der Waals surface area contributed by atoms with Crippen molar-refractivity contribution in [2.45, 2.75) is 19.4 Å². The van der Waals surface area contributed by atoms with Gasteiger partial charge in [-0.3, -0.25) is 4.90 Å². The number of halogens is 2. The molecule has 2 heterocycles. The Bertz CT molecular complexity index is 517. The molecule has 2 fully saturated rings. The summed E-state index contributed by atoms with van der Waals surface area (Å²) >= 11 is 5.77. The lowest BCUT2D eigenvalue weighted by Crippen LogP contribution is -2.48. The molecule has 3 nitrogen and oxygen atoms in total. The van der Waals surface area contributed by atoms with Gasteiger partial charge in [0.05, 0.1) is 5.02 Å². The Balaban J connectivity index is 1.50. The van der Waals surface area contributed by atoms with Crippen LogP contribution in [0.25, 0.3) is 0 Å². The van der Waals surface area contributed by atoms with E-state index in [-0.39, 0.29) is 10.8 Å². The van der Waals surface area contributed by atoms with Gasteiger partial charge in [0, 0.05) is 45.8 Å². The number of likely N-dealkylation sites (N-methyl/N-ethyl adjacent to an activating group) is 1. The van der Waals surface area contributed by atoms with Crippen molar-refractivity contribution in [3.63, 3.8) is 0 Å². The average molecular weight is 340 g/mol. The third-order valence-electron chi connectivity index (χ3n) is 5.11. The number of piperazine rings is 1. The van der Waals surface area contributed by atoms with Crippen molar-refractivity contribution in [3.8, 4) is 0 Å². The molecule has 0 saturated carbocycles. The average Bonchev–Trinajstić information content (AvgIpc) is 2.54. The van der Waals surface area contributed by atoms with Gasteiger partial charge in [-0.1, -0.05) is 17.7 Å². The maximum Gasteiger partial charge on any atom is 0.142 e. The standard InChI is InChI=1S/C18H27ClFN3/c1-21-7-9-22(10-8-21)13-16-3-2-6-23(14-16)12-15-4-5-17(19)18(20)11-15/h4-5,11,16H,2-3,6-10,12-14H2,1H3. The van der Waals surface area contributed by atoms with E-state index < -0.39 is 0 Å². The molecule has 3 rings (SSSR count). The van der Waals surface area contributed by atoms with E-state index in [1.807, 2.05) is 6.07 Å². The van der Waals surface area contributed by atoms with Crippen molar-refractivity contribution in [1.82, 2.24) is 14.7 Å². The zero-order chi connectivity index (χ0) is 16.2. The monoisotopic (exact) mass is 339 g/mol. The smallest absolute Gasteiger partial charge is 0.142 e. The second-order valence-electron chi connectivity index (χ2n) is 7.10. The second kappa shape index (κ2) is 7.93. The van der Waals surface area contributed by atoms with Crippen molar-refractivity contribution >= 4 is 11.6 Å². The molecule has 2 aliphatic heterocycles. The number of hydrogen-bond donors (Lipinski definition) is 0. The fourth-order valence-electron chi connectivity index (χ4n) is 3.74. The van der Waals surface area contributed by atoms with Gasteiger partial charge < -0.3 is 9.80 Å². The summed E-state index contributed by atoms with van der Waals surface area (Å²) in [6.07, 6.45) is 2.56. The highest BCUT2D eigenvalue weighted by Gasteiger charge is 2.23. The van der Waals surface area contributed by atoms with Gasteiger partial charge >= 0.3 is 0 Å². The first-order chi connectivity index (χ1) is 11.1. The number of likely N-dealkylation sites (tertiary alicyclic amines) is 1. The lowest BCUT2D eigenvalue weighted by atomic mass is 9.96. The number of piperidine rings is 1. The van der Waals surface area contributed by atoms with E-state index >= 15 is 0 Å². The van der Waals surface area contributed by atoms with Gasteiger partial charge in [-0.25, -0.2) is 4.39 Å². The maximum atomic E-state index is 13.6. The van der Waals surface area contributed by atoms with Crippen LogP contribution in [0.15, 0.2) is 18.2 Å². The first-order valence-corrected chi connectivity index (χ1v) is 9.05. The number of rotatable bonds is 4. The molecule has 2 saturated heterocycles. The van der Waals surface area contributed by atoms with Crippen LogP contribution >= 0.6 is 11.6 Å². The zero-order valence-corrected chi connectivity index (χ0v) is 14.7. The highest BCUT2D eigenvalue weighted by Crippen LogP contribution is 2.22. The van der Waals surface area contributed by atoms with Gasteiger partial charge in [0.2, 0.25) is 0 Å². The Labute approximate surface area is 144 Å². The van der Waals surface area contributed by atoms with Gasteiger partial charge in [0.25, 0.3) is 0 Å². The molecule has 5 heteroatoms. The molecule has 0 radical (unpaired) electrons. The van der Waals surface area contributed by atoms with Crippen molar-refractivity contribution in [3.05, 3.63) is 34.6 Å². The SMILES string of the molecule is CN1CCN(CC2CCCN(Cc3ccc(Cl)c(F)c3)C2)CC1. The third kappa shape index (κ3) is 4.90. The third-order valence-corrected chi connectivity index (χ3v) is 5.41. The first kappa shape index (κ1) is 17.2. The van der Waals surface area contributed by atoms with E-state index in [9.17, 15) is 4.39 Å². The van der Waals surface area contributed by atoms with Crippen LogP contribution in [0.5, 0.6) is 0 Å². The molecule has 1 aromatic rings. The molecule has 0 aromatic heterocycles. The Morgan fingerprint density at radius 1 is 1.13 bits per heavy atom. The maximum absolute atomic E-state index is 13.6. The topological polar surface area (TPSA) is 9.72 Å². The minimum absolute atomic E-state index is 0.209. The summed E-state index contributed by atoms with van der Waals surface area (Å²) in [4.78, 5) is 7.47. The molecule has 1 aromatic carbocycles. The van der Waals surface area contributed by atoms with E-state index in [2.05, 4.69) is 21.7 Å². The van der Waals surface area contributed by atoms with Crippen LogP contribution in [-0.4, -0.2) is 67.6 Å². The lowest BCUT2D eigenvalue weighted by molar-refractivity contribution is 0.0966. The molecule has 0 bridgehead atoms. The predicted molar refractivity (Wildman–Crippen MR) is 93.3 cm³/mol. The summed E-state index contributed by atoms with van der Waals surface area (Å²) in [5, 5.41) is 0.209. The van der Waals surface area contributed by atoms with Gasteiger partial charge in [0.15, 0.2) is 0 Å². The lowest BCUT2D eigenvalue weighted by Gasteiger charge is -2.38. The number of benzene rings is 1. The molecule has 0 spiro atoms. The van der Waals surface area contributed by atoms with Crippen molar-refractivity contribution < 1.29 is 4.39 Å². The van der Waals surface area contributed by atoms with Crippen LogP contribution < -0.4 is 0 Å². The summed E-state index contributed by atoms with van der Waals surface area (Å²) in [5.74, 6) is 0.430. The van der Waals surface area contributed by atoms with E-state index in [4.69, 9.17) is 11.6 Å². The Morgan fingerprint density at radius 2 is 1.91 bits per heavy atom. The number of nitrogens with zero attached hydrogens (tertiary/aromatic N) is 3. The van der Waals surface area contributed by atoms with Crippen LogP contribution in [0.2, 0.25) is 5.02 Å². The summed E-state index contributed by atoms with van der Waals surface area (Å²) < 4.78 is 13.6. The van der Waals surface area contributed by atoms with Crippen LogP contribution in [0, 0.1) is 11.7 Å². The molecule has 2 aliphatic rings. The largest absolute Gasteiger partial charge is 0.304 e. The first-order valence-electron chi connectivity index (χ1n) is 8.67. The zero-order valence-electron chi connectivity index (χ0n) is 14.0. The van der Waals surface area contributed by atoms with E-state index in [1.165, 1.54) is 45.6 Å². The molecular formula is C18H27ClFN3. The van der Waals surface area contributed by atoms with E-state index in [0.717, 1.165) is 31.1 Å². The Morgan fingerprint density at radius 3 is 2.65 bits per heavy atom. The quantitative estimate of drug-likeness (QED) is 0.835. The highest BCUT2D eigenvalue weighted by atomic mass is 35.5.